The van der Waals surface area contributed by atoms with Gasteiger partial charge in [0.2, 0.25) is 0 Å². The Hall–Kier alpha value is -2.44. The van der Waals surface area contributed by atoms with Crippen molar-refractivity contribution < 1.29 is 9.90 Å². The van der Waals surface area contributed by atoms with Crippen LogP contribution in [0.15, 0.2) is 18.2 Å². The van der Waals surface area contributed by atoms with Gasteiger partial charge in [-0.25, -0.2) is 15.0 Å². The summed E-state index contributed by atoms with van der Waals surface area (Å²) in [6.07, 6.45) is 5.23. The first-order valence-corrected chi connectivity index (χ1v) is 5.03. The highest BCUT2D eigenvalue weighted by Gasteiger charge is 2.36. The fourth-order valence-electron chi connectivity index (χ4n) is 1.71. The molecule has 3 N–H and O–H groups in total. The van der Waals surface area contributed by atoms with Gasteiger partial charge in [-0.05, 0) is 12.0 Å². The third-order valence-corrected chi connectivity index (χ3v) is 2.72. The Morgan fingerprint density at radius 1 is 1.53 bits per heavy atom. The van der Waals surface area contributed by atoms with Crippen LogP contribution in [0.2, 0.25) is 0 Å². The van der Waals surface area contributed by atoms with Crippen molar-refractivity contribution in [3.8, 4) is 0 Å². The molecule has 1 aliphatic rings. The number of hydrogen-bond acceptors (Lipinski definition) is 5. The van der Waals surface area contributed by atoms with Crippen molar-refractivity contribution in [2.75, 3.05) is 5.73 Å². The largest absolute Gasteiger partial charge is 0.481 e. The molecule has 3 rings (SSSR count). The number of imidazole rings is 1. The van der Waals surface area contributed by atoms with Crippen molar-refractivity contribution in [3.63, 3.8) is 0 Å². The van der Waals surface area contributed by atoms with E-state index in [9.17, 15) is 4.79 Å². The molecular formula is C10H9N5O2. The molecule has 0 radical (unpaired) electrons. The van der Waals surface area contributed by atoms with E-state index in [1.807, 2.05) is 0 Å². The van der Waals surface area contributed by atoms with Crippen molar-refractivity contribution in [2.24, 2.45) is 5.92 Å². The molecule has 0 saturated heterocycles. The number of nitrogens with zero attached hydrogens (tertiary/aromatic N) is 4. The lowest BCUT2D eigenvalue weighted by molar-refractivity contribution is -0.138. The van der Waals surface area contributed by atoms with Crippen LogP contribution in [0.4, 0.5) is 5.82 Å². The molecule has 0 spiro atoms. The predicted molar refractivity (Wildman–Crippen MR) is 59.8 cm³/mol. The summed E-state index contributed by atoms with van der Waals surface area (Å²) in [5.41, 5.74) is 7.61. The molecule has 17 heavy (non-hydrogen) atoms. The molecule has 1 atom stereocenters. The van der Waals surface area contributed by atoms with Gasteiger partial charge < -0.3 is 10.8 Å². The number of fused-ring (bicyclic) bond motifs is 1. The zero-order chi connectivity index (χ0) is 12.0. The van der Waals surface area contributed by atoms with Gasteiger partial charge in [-0.3, -0.25) is 9.36 Å². The predicted octanol–water partition coefficient (Wildman–Crippen LogP) is 0.354. The first-order chi connectivity index (χ1) is 8.16. The van der Waals surface area contributed by atoms with E-state index in [1.165, 1.54) is 6.33 Å². The molecule has 2 heterocycles. The van der Waals surface area contributed by atoms with Crippen molar-refractivity contribution in [1.82, 2.24) is 19.5 Å². The first kappa shape index (κ1) is 9.76. The SMILES string of the molecule is Nc1ncnc2c1ncn2/C=C1/CC1C(=O)O. The number of anilines is 1. The van der Waals surface area contributed by atoms with E-state index in [2.05, 4.69) is 15.0 Å². The summed E-state index contributed by atoms with van der Waals surface area (Å²) in [4.78, 5) is 22.7. The number of carboxylic acid groups (broad SMARTS) is 1. The Kier molecular flexibility index (Phi) is 1.88. The summed E-state index contributed by atoms with van der Waals surface area (Å²) >= 11 is 0. The highest BCUT2D eigenvalue weighted by molar-refractivity contribution is 5.84. The van der Waals surface area contributed by atoms with Gasteiger partial charge in [-0.15, -0.1) is 0 Å². The maximum absolute atomic E-state index is 10.7. The van der Waals surface area contributed by atoms with Crippen LogP contribution in [0.3, 0.4) is 0 Å². The molecule has 0 amide bonds. The lowest BCUT2D eigenvalue weighted by Gasteiger charge is -1.95. The maximum Gasteiger partial charge on any atom is 0.311 e. The fourth-order valence-corrected chi connectivity index (χ4v) is 1.71. The van der Waals surface area contributed by atoms with Crippen molar-refractivity contribution in [2.45, 2.75) is 6.42 Å². The first-order valence-electron chi connectivity index (χ1n) is 5.03. The molecule has 2 aromatic rings. The van der Waals surface area contributed by atoms with Gasteiger partial charge in [0.25, 0.3) is 0 Å². The fraction of sp³-hybridized carbons (Fsp3) is 0.200. The molecule has 7 nitrogen and oxygen atoms in total. The molecule has 1 fully saturated rings. The van der Waals surface area contributed by atoms with Crippen LogP contribution in [0.25, 0.3) is 17.4 Å². The van der Waals surface area contributed by atoms with Gasteiger partial charge in [-0.1, -0.05) is 0 Å². The average Bonchev–Trinajstić information content (AvgIpc) is 2.94. The van der Waals surface area contributed by atoms with Crippen LogP contribution >= 0.6 is 0 Å². The lowest BCUT2D eigenvalue weighted by atomic mass is 10.4. The van der Waals surface area contributed by atoms with Crippen molar-refractivity contribution >= 4 is 29.2 Å². The topological polar surface area (TPSA) is 107 Å². The number of carboxylic acids is 1. The van der Waals surface area contributed by atoms with Gasteiger partial charge in [0.15, 0.2) is 17.0 Å². The van der Waals surface area contributed by atoms with E-state index in [-0.39, 0.29) is 5.92 Å². The zero-order valence-corrected chi connectivity index (χ0v) is 8.74. The highest BCUT2D eigenvalue weighted by Crippen LogP contribution is 2.38. The Morgan fingerprint density at radius 3 is 3.06 bits per heavy atom. The van der Waals surface area contributed by atoms with Gasteiger partial charge in [0, 0.05) is 6.20 Å². The smallest absolute Gasteiger partial charge is 0.311 e. The van der Waals surface area contributed by atoms with E-state index in [1.54, 1.807) is 17.1 Å². The molecule has 1 saturated carbocycles. The summed E-state index contributed by atoms with van der Waals surface area (Å²) in [5.74, 6) is -0.848. The number of nitrogen functional groups attached to an aromatic ring is 1. The number of hydrogen-bond donors (Lipinski definition) is 2. The van der Waals surface area contributed by atoms with Gasteiger partial charge >= 0.3 is 5.97 Å². The molecule has 86 valence electrons. The Bertz CT molecular complexity index is 645. The molecule has 0 aromatic carbocycles. The summed E-state index contributed by atoms with van der Waals surface area (Å²) in [6.45, 7) is 0. The van der Waals surface area contributed by atoms with Crippen LogP contribution in [0, 0.1) is 5.92 Å². The number of aliphatic carboxylic acids is 1. The minimum Gasteiger partial charge on any atom is -0.481 e. The second kappa shape index (κ2) is 3.27. The number of rotatable bonds is 2. The Morgan fingerprint density at radius 2 is 2.35 bits per heavy atom. The van der Waals surface area contributed by atoms with Crippen molar-refractivity contribution in [3.05, 3.63) is 18.2 Å². The lowest BCUT2D eigenvalue weighted by Crippen LogP contribution is -1.96. The standard InChI is InChI=1S/C10H9N5O2/c11-8-7-9(13-3-12-8)15(4-14-7)2-5-1-6(5)10(16)17/h2-4,6H,1H2,(H,16,17)(H2,11,12,13)/b5-2-. The summed E-state index contributed by atoms with van der Waals surface area (Å²) < 4.78 is 1.67. The van der Waals surface area contributed by atoms with Crippen LogP contribution in [-0.2, 0) is 4.79 Å². The van der Waals surface area contributed by atoms with E-state index in [0.717, 1.165) is 5.57 Å². The van der Waals surface area contributed by atoms with E-state index < -0.39 is 5.97 Å². The van der Waals surface area contributed by atoms with Gasteiger partial charge in [-0.2, -0.15) is 0 Å². The molecule has 0 bridgehead atoms. The molecule has 1 aliphatic carbocycles. The Labute approximate surface area is 95.6 Å². The number of carbonyl (C=O) groups is 1. The average molecular weight is 231 g/mol. The van der Waals surface area contributed by atoms with Crippen LogP contribution in [0.1, 0.15) is 6.42 Å². The quantitative estimate of drug-likeness (QED) is 0.772. The van der Waals surface area contributed by atoms with Crippen molar-refractivity contribution in [1.29, 1.82) is 0 Å². The Balaban J connectivity index is 2.03. The van der Waals surface area contributed by atoms with E-state index >= 15 is 0 Å². The molecule has 2 aromatic heterocycles. The minimum atomic E-state index is -0.796. The van der Waals surface area contributed by atoms with E-state index in [4.69, 9.17) is 10.8 Å². The third kappa shape index (κ3) is 1.52. The number of aromatic nitrogens is 4. The van der Waals surface area contributed by atoms with Crippen LogP contribution < -0.4 is 5.73 Å². The second-order valence-electron chi connectivity index (χ2n) is 3.88. The minimum absolute atomic E-state index is 0.317. The number of nitrogens with two attached hydrogens (primary N) is 1. The molecule has 0 aliphatic heterocycles. The summed E-state index contributed by atoms with van der Waals surface area (Å²) in [7, 11) is 0. The van der Waals surface area contributed by atoms with Gasteiger partial charge in [0.05, 0.1) is 5.92 Å². The van der Waals surface area contributed by atoms with Crippen LogP contribution in [-0.4, -0.2) is 30.6 Å². The zero-order valence-electron chi connectivity index (χ0n) is 8.74. The summed E-state index contributed by atoms with van der Waals surface area (Å²) in [5, 5.41) is 8.80. The monoisotopic (exact) mass is 231 g/mol. The summed E-state index contributed by atoms with van der Waals surface area (Å²) in [6, 6.07) is 0. The molecular weight excluding hydrogens is 222 g/mol. The highest BCUT2D eigenvalue weighted by atomic mass is 16.4. The van der Waals surface area contributed by atoms with Crippen LogP contribution in [0.5, 0.6) is 0 Å². The van der Waals surface area contributed by atoms with E-state index in [0.29, 0.717) is 23.4 Å². The maximum atomic E-state index is 10.7. The van der Waals surface area contributed by atoms with Gasteiger partial charge in [0.1, 0.15) is 12.7 Å². The normalized spacial score (nSPS) is 20.9. The second-order valence-corrected chi connectivity index (χ2v) is 3.88. The molecule has 7 heteroatoms. The molecule has 1 unspecified atom stereocenters. The third-order valence-electron chi connectivity index (χ3n) is 2.72.